The molecule has 0 unspecified atom stereocenters. The molecule has 2 N–H and O–H groups in total. The van der Waals surface area contributed by atoms with E-state index in [4.69, 9.17) is 5.73 Å². The number of halogens is 1. The minimum Gasteiger partial charge on any atom is -0.465 e. The second kappa shape index (κ2) is 4.78. The SMILES string of the molecule is COC(=O)c1sc(C)c(-c2ccc(F)cc2)c1N. The van der Waals surface area contributed by atoms with Gasteiger partial charge < -0.3 is 10.5 Å². The summed E-state index contributed by atoms with van der Waals surface area (Å²) in [7, 11) is 1.31. The topological polar surface area (TPSA) is 52.3 Å². The molecule has 2 aromatic rings. The Morgan fingerprint density at radius 3 is 2.50 bits per heavy atom. The lowest BCUT2D eigenvalue weighted by Crippen LogP contribution is -2.02. The molecule has 0 bridgehead atoms. The van der Waals surface area contributed by atoms with Crippen molar-refractivity contribution in [2.24, 2.45) is 0 Å². The van der Waals surface area contributed by atoms with Gasteiger partial charge in [0.05, 0.1) is 12.8 Å². The number of aryl methyl sites for hydroxylation is 1. The van der Waals surface area contributed by atoms with Crippen molar-refractivity contribution >= 4 is 23.0 Å². The molecule has 2 rings (SSSR count). The third-order valence-electron chi connectivity index (χ3n) is 2.62. The van der Waals surface area contributed by atoms with E-state index < -0.39 is 5.97 Å². The van der Waals surface area contributed by atoms with Crippen LogP contribution in [0.25, 0.3) is 11.1 Å². The summed E-state index contributed by atoms with van der Waals surface area (Å²) in [5.41, 5.74) is 7.91. The van der Waals surface area contributed by atoms with Crippen LogP contribution in [-0.2, 0) is 4.74 Å². The summed E-state index contributed by atoms with van der Waals surface area (Å²) in [6.45, 7) is 1.87. The molecular weight excluding hydrogens is 253 g/mol. The Labute approximate surface area is 108 Å². The van der Waals surface area contributed by atoms with Crippen molar-refractivity contribution < 1.29 is 13.9 Å². The lowest BCUT2D eigenvalue weighted by atomic mass is 10.0. The third-order valence-corrected chi connectivity index (χ3v) is 3.73. The highest BCUT2D eigenvalue weighted by Crippen LogP contribution is 2.38. The number of benzene rings is 1. The Morgan fingerprint density at radius 2 is 1.94 bits per heavy atom. The maximum absolute atomic E-state index is 12.9. The van der Waals surface area contributed by atoms with E-state index in [1.807, 2.05) is 6.92 Å². The van der Waals surface area contributed by atoms with Crippen LogP contribution >= 0.6 is 11.3 Å². The van der Waals surface area contributed by atoms with E-state index in [-0.39, 0.29) is 5.82 Å². The lowest BCUT2D eigenvalue weighted by molar-refractivity contribution is 0.0607. The van der Waals surface area contributed by atoms with Crippen molar-refractivity contribution in [1.29, 1.82) is 0 Å². The van der Waals surface area contributed by atoms with Crippen molar-refractivity contribution in [2.45, 2.75) is 6.92 Å². The summed E-state index contributed by atoms with van der Waals surface area (Å²) in [5, 5.41) is 0. The molecule has 0 aliphatic rings. The van der Waals surface area contributed by atoms with Crippen LogP contribution in [0, 0.1) is 12.7 Å². The predicted octanol–water partition coefficient (Wildman–Crippen LogP) is 3.23. The maximum atomic E-state index is 12.9. The first kappa shape index (κ1) is 12.6. The van der Waals surface area contributed by atoms with Gasteiger partial charge >= 0.3 is 5.97 Å². The number of nitrogens with two attached hydrogens (primary N) is 1. The molecule has 0 fully saturated rings. The second-order valence-corrected chi connectivity index (χ2v) is 5.00. The van der Waals surface area contributed by atoms with E-state index in [0.29, 0.717) is 10.6 Å². The van der Waals surface area contributed by atoms with Crippen LogP contribution < -0.4 is 5.73 Å². The zero-order valence-corrected chi connectivity index (χ0v) is 10.8. The molecular formula is C13H12FNO2S. The summed E-state index contributed by atoms with van der Waals surface area (Å²) >= 11 is 1.28. The van der Waals surface area contributed by atoms with Crippen molar-refractivity contribution in [2.75, 3.05) is 12.8 Å². The van der Waals surface area contributed by atoms with E-state index in [1.165, 1.54) is 30.6 Å². The fourth-order valence-corrected chi connectivity index (χ4v) is 2.80. The molecule has 94 valence electrons. The average molecular weight is 265 g/mol. The van der Waals surface area contributed by atoms with E-state index in [1.54, 1.807) is 12.1 Å². The number of carbonyl (C=O) groups is 1. The van der Waals surface area contributed by atoms with Gasteiger partial charge in [0.2, 0.25) is 0 Å². The van der Waals surface area contributed by atoms with Crippen molar-refractivity contribution in [3.8, 4) is 11.1 Å². The minimum atomic E-state index is -0.450. The Bertz CT molecular complexity index is 590. The smallest absolute Gasteiger partial charge is 0.350 e. The van der Waals surface area contributed by atoms with Gasteiger partial charge in [0.1, 0.15) is 10.7 Å². The van der Waals surface area contributed by atoms with Gasteiger partial charge in [-0.15, -0.1) is 11.3 Å². The van der Waals surface area contributed by atoms with Crippen LogP contribution in [0.4, 0.5) is 10.1 Å². The minimum absolute atomic E-state index is 0.307. The number of carbonyl (C=O) groups excluding carboxylic acids is 1. The Morgan fingerprint density at radius 1 is 1.33 bits per heavy atom. The van der Waals surface area contributed by atoms with Gasteiger partial charge in [0.25, 0.3) is 0 Å². The average Bonchev–Trinajstić information content (AvgIpc) is 2.65. The van der Waals surface area contributed by atoms with Crippen LogP contribution in [0.3, 0.4) is 0 Å². The first-order valence-corrected chi connectivity index (χ1v) is 6.09. The Hall–Kier alpha value is -1.88. The van der Waals surface area contributed by atoms with Crippen LogP contribution in [0.5, 0.6) is 0 Å². The number of nitrogen functional groups attached to an aromatic ring is 1. The molecule has 0 aliphatic heterocycles. The molecule has 0 amide bonds. The molecule has 0 atom stereocenters. The molecule has 1 aromatic heterocycles. The van der Waals surface area contributed by atoms with E-state index in [9.17, 15) is 9.18 Å². The quantitative estimate of drug-likeness (QED) is 0.848. The van der Waals surface area contributed by atoms with Crippen molar-refractivity contribution in [3.63, 3.8) is 0 Å². The first-order valence-electron chi connectivity index (χ1n) is 5.27. The zero-order valence-electron chi connectivity index (χ0n) is 9.99. The highest BCUT2D eigenvalue weighted by Gasteiger charge is 2.20. The second-order valence-electron chi connectivity index (χ2n) is 3.77. The third kappa shape index (κ3) is 2.09. The van der Waals surface area contributed by atoms with Gasteiger partial charge in [-0.2, -0.15) is 0 Å². The molecule has 0 saturated carbocycles. The van der Waals surface area contributed by atoms with Crippen LogP contribution in [0.2, 0.25) is 0 Å². The monoisotopic (exact) mass is 265 g/mol. The standard InChI is InChI=1S/C13H12FNO2S/c1-7-10(8-3-5-9(14)6-4-8)11(15)12(18-7)13(16)17-2/h3-6H,15H2,1-2H3. The zero-order chi connectivity index (χ0) is 13.3. The number of ether oxygens (including phenoxy) is 1. The fraction of sp³-hybridized carbons (Fsp3) is 0.154. The van der Waals surface area contributed by atoms with E-state index >= 15 is 0 Å². The summed E-state index contributed by atoms with van der Waals surface area (Å²) in [6, 6.07) is 6.01. The summed E-state index contributed by atoms with van der Waals surface area (Å²) in [4.78, 5) is 12.8. The van der Waals surface area contributed by atoms with Crippen molar-refractivity contribution in [1.82, 2.24) is 0 Å². The van der Waals surface area contributed by atoms with E-state index in [2.05, 4.69) is 4.74 Å². The highest BCUT2D eigenvalue weighted by atomic mass is 32.1. The summed E-state index contributed by atoms with van der Waals surface area (Å²) in [5.74, 6) is -0.757. The highest BCUT2D eigenvalue weighted by molar-refractivity contribution is 7.15. The number of thiophene rings is 1. The van der Waals surface area contributed by atoms with Crippen molar-refractivity contribution in [3.05, 3.63) is 39.8 Å². The Kier molecular flexibility index (Phi) is 3.34. The van der Waals surface area contributed by atoms with Crippen LogP contribution in [0.15, 0.2) is 24.3 Å². The van der Waals surface area contributed by atoms with Gasteiger partial charge in [-0.25, -0.2) is 9.18 Å². The number of methoxy groups -OCH3 is 1. The molecule has 18 heavy (non-hydrogen) atoms. The number of rotatable bonds is 2. The van der Waals surface area contributed by atoms with Crippen LogP contribution in [0.1, 0.15) is 14.5 Å². The molecule has 0 saturated heterocycles. The van der Waals surface area contributed by atoms with Gasteiger partial charge in [-0.05, 0) is 24.6 Å². The van der Waals surface area contributed by atoms with Gasteiger partial charge in [-0.1, -0.05) is 12.1 Å². The van der Waals surface area contributed by atoms with Crippen LogP contribution in [-0.4, -0.2) is 13.1 Å². The largest absolute Gasteiger partial charge is 0.465 e. The normalized spacial score (nSPS) is 10.4. The molecule has 5 heteroatoms. The van der Waals surface area contributed by atoms with E-state index in [0.717, 1.165) is 16.0 Å². The molecule has 1 heterocycles. The first-order chi connectivity index (χ1) is 8.54. The number of hydrogen-bond donors (Lipinski definition) is 1. The molecule has 1 aromatic carbocycles. The summed E-state index contributed by atoms with van der Waals surface area (Å²) in [6.07, 6.45) is 0. The molecule has 0 aliphatic carbocycles. The fourth-order valence-electron chi connectivity index (χ4n) is 1.78. The number of hydrogen-bond acceptors (Lipinski definition) is 4. The predicted molar refractivity (Wildman–Crippen MR) is 70.2 cm³/mol. The van der Waals surface area contributed by atoms with Gasteiger partial charge in [-0.3, -0.25) is 0 Å². The maximum Gasteiger partial charge on any atom is 0.350 e. The molecule has 0 radical (unpaired) electrons. The summed E-state index contributed by atoms with van der Waals surface area (Å²) < 4.78 is 17.6. The van der Waals surface area contributed by atoms with Gasteiger partial charge in [0.15, 0.2) is 0 Å². The number of esters is 1. The number of anilines is 1. The Balaban J connectivity index is 2.55. The lowest BCUT2D eigenvalue weighted by Gasteiger charge is -2.03. The molecule has 0 spiro atoms. The van der Waals surface area contributed by atoms with Gasteiger partial charge in [0, 0.05) is 10.4 Å². The molecule has 3 nitrogen and oxygen atoms in total.